The lowest BCUT2D eigenvalue weighted by atomic mass is 9.75. The van der Waals surface area contributed by atoms with Crippen LogP contribution in [0.4, 0.5) is 26.3 Å². The highest BCUT2D eigenvalue weighted by Crippen LogP contribution is 2.38. The highest BCUT2D eigenvalue weighted by atomic mass is 19.4. The SMILES string of the molecule is CC1(C)CCC(NCc2ccc(-c3cccc(C(N)=O)c3)c(C(F)(F)F)c2)CC1.O=C(O)C(F)(F)F. The van der Waals surface area contributed by atoms with Gasteiger partial charge >= 0.3 is 18.3 Å². The van der Waals surface area contributed by atoms with Crippen LogP contribution in [0.1, 0.15) is 61.0 Å². The van der Waals surface area contributed by atoms with E-state index in [0.717, 1.165) is 25.7 Å². The van der Waals surface area contributed by atoms with Gasteiger partial charge in [-0.15, -0.1) is 0 Å². The largest absolute Gasteiger partial charge is 0.490 e. The van der Waals surface area contributed by atoms with Crippen molar-refractivity contribution in [3.8, 4) is 11.1 Å². The maximum atomic E-state index is 13.7. The molecule has 0 bridgehead atoms. The van der Waals surface area contributed by atoms with Crippen molar-refractivity contribution in [2.75, 3.05) is 0 Å². The van der Waals surface area contributed by atoms with Crippen LogP contribution in [0.2, 0.25) is 0 Å². The molecule has 11 heteroatoms. The Balaban J connectivity index is 0.000000572. The first kappa shape index (κ1) is 29.2. The smallest absolute Gasteiger partial charge is 0.475 e. The number of alkyl halides is 6. The van der Waals surface area contributed by atoms with E-state index < -0.39 is 29.8 Å². The van der Waals surface area contributed by atoms with Gasteiger partial charge in [-0.05, 0) is 66.0 Å². The van der Waals surface area contributed by atoms with Gasteiger partial charge in [-0.3, -0.25) is 4.79 Å². The maximum Gasteiger partial charge on any atom is 0.490 e. The zero-order valence-electron chi connectivity index (χ0n) is 19.8. The molecule has 1 amide bonds. The topological polar surface area (TPSA) is 92.4 Å². The summed E-state index contributed by atoms with van der Waals surface area (Å²) in [5, 5.41) is 10.5. The number of halogens is 6. The Kier molecular flexibility index (Phi) is 9.17. The van der Waals surface area contributed by atoms with Crippen molar-refractivity contribution in [2.45, 2.75) is 64.5 Å². The molecule has 0 spiro atoms. The molecular formula is C25H28F6N2O3. The number of primary amides is 1. The first-order valence-corrected chi connectivity index (χ1v) is 11.1. The molecule has 1 saturated carbocycles. The monoisotopic (exact) mass is 518 g/mol. The van der Waals surface area contributed by atoms with Crippen LogP contribution in [0, 0.1) is 5.41 Å². The lowest BCUT2D eigenvalue weighted by Crippen LogP contribution is -2.35. The summed E-state index contributed by atoms with van der Waals surface area (Å²) in [4.78, 5) is 20.3. The summed E-state index contributed by atoms with van der Waals surface area (Å²) in [7, 11) is 0. The Hall–Kier alpha value is -3.08. The Bertz CT molecular complexity index is 1070. The van der Waals surface area contributed by atoms with Crippen LogP contribution in [0.5, 0.6) is 0 Å². The summed E-state index contributed by atoms with van der Waals surface area (Å²) in [6.07, 6.45) is -5.27. The van der Waals surface area contributed by atoms with Gasteiger partial charge in [0.15, 0.2) is 0 Å². The van der Waals surface area contributed by atoms with Crippen molar-refractivity contribution in [2.24, 2.45) is 11.1 Å². The molecule has 3 rings (SSSR count). The number of carboxylic acids is 1. The molecule has 0 aromatic heterocycles. The molecular weight excluding hydrogens is 490 g/mol. The fourth-order valence-corrected chi connectivity index (χ4v) is 3.89. The van der Waals surface area contributed by atoms with Crippen LogP contribution in [0.25, 0.3) is 11.1 Å². The summed E-state index contributed by atoms with van der Waals surface area (Å²) < 4.78 is 73.0. The van der Waals surface area contributed by atoms with Crippen molar-refractivity contribution in [1.82, 2.24) is 5.32 Å². The number of benzene rings is 2. The Morgan fingerprint density at radius 2 is 1.61 bits per heavy atom. The van der Waals surface area contributed by atoms with E-state index in [9.17, 15) is 31.1 Å². The number of nitrogens with two attached hydrogens (primary N) is 1. The quantitative estimate of drug-likeness (QED) is 0.413. The Morgan fingerprint density at radius 1 is 1.03 bits per heavy atom. The van der Waals surface area contributed by atoms with E-state index in [4.69, 9.17) is 15.6 Å². The Morgan fingerprint density at radius 3 is 2.11 bits per heavy atom. The number of nitrogens with one attached hydrogen (secondary N) is 1. The third kappa shape index (κ3) is 8.54. The summed E-state index contributed by atoms with van der Waals surface area (Å²) in [5.74, 6) is -3.43. The minimum atomic E-state index is -5.08. The molecule has 2 aromatic carbocycles. The van der Waals surface area contributed by atoms with Gasteiger partial charge < -0.3 is 16.2 Å². The molecule has 4 N–H and O–H groups in total. The van der Waals surface area contributed by atoms with Crippen molar-refractivity contribution < 1.29 is 41.0 Å². The number of hydrogen-bond acceptors (Lipinski definition) is 3. The highest BCUT2D eigenvalue weighted by molar-refractivity contribution is 5.94. The molecule has 0 radical (unpaired) electrons. The van der Waals surface area contributed by atoms with Gasteiger partial charge in [0, 0.05) is 18.2 Å². The molecule has 0 saturated heterocycles. The van der Waals surface area contributed by atoms with Crippen LogP contribution in [-0.2, 0) is 17.5 Å². The van der Waals surface area contributed by atoms with Crippen LogP contribution < -0.4 is 11.1 Å². The molecule has 5 nitrogen and oxygen atoms in total. The van der Waals surface area contributed by atoms with Crippen LogP contribution in [0.15, 0.2) is 42.5 Å². The molecule has 0 heterocycles. The normalized spacial score (nSPS) is 16.1. The molecule has 2 aromatic rings. The second-order valence-electron chi connectivity index (χ2n) is 9.45. The van der Waals surface area contributed by atoms with Gasteiger partial charge in [-0.2, -0.15) is 26.3 Å². The van der Waals surface area contributed by atoms with Crippen molar-refractivity contribution in [3.63, 3.8) is 0 Å². The summed E-state index contributed by atoms with van der Waals surface area (Å²) >= 11 is 0. The molecule has 36 heavy (non-hydrogen) atoms. The van der Waals surface area contributed by atoms with Crippen LogP contribution in [0.3, 0.4) is 0 Å². The molecule has 0 unspecified atom stereocenters. The van der Waals surface area contributed by atoms with E-state index >= 15 is 0 Å². The molecule has 0 aliphatic heterocycles. The average Bonchev–Trinajstić information content (AvgIpc) is 2.77. The number of carbonyl (C=O) groups is 2. The van der Waals surface area contributed by atoms with E-state index in [2.05, 4.69) is 19.2 Å². The van der Waals surface area contributed by atoms with E-state index in [1.54, 1.807) is 12.1 Å². The van der Waals surface area contributed by atoms with Gasteiger partial charge in [0.1, 0.15) is 0 Å². The van der Waals surface area contributed by atoms with E-state index in [1.165, 1.54) is 30.3 Å². The number of rotatable bonds is 5. The predicted octanol–water partition coefficient (Wildman–Crippen LogP) is 6.16. The zero-order chi connectivity index (χ0) is 27.3. The minimum Gasteiger partial charge on any atom is -0.475 e. The number of carbonyl (C=O) groups excluding carboxylic acids is 1. The molecule has 198 valence electrons. The number of aliphatic carboxylic acids is 1. The summed E-state index contributed by atoms with van der Waals surface area (Å²) in [6.45, 7) is 4.91. The van der Waals surface area contributed by atoms with Gasteiger partial charge in [0.2, 0.25) is 5.91 Å². The fourth-order valence-electron chi connectivity index (χ4n) is 3.89. The third-order valence-electron chi connectivity index (χ3n) is 6.02. The lowest BCUT2D eigenvalue weighted by Gasteiger charge is -2.34. The van der Waals surface area contributed by atoms with E-state index in [0.29, 0.717) is 29.1 Å². The maximum absolute atomic E-state index is 13.7. The van der Waals surface area contributed by atoms with Crippen molar-refractivity contribution in [1.29, 1.82) is 0 Å². The van der Waals surface area contributed by atoms with Gasteiger partial charge in [0.05, 0.1) is 5.56 Å². The predicted molar refractivity (Wildman–Crippen MR) is 122 cm³/mol. The number of hydrogen-bond donors (Lipinski definition) is 3. The zero-order valence-corrected chi connectivity index (χ0v) is 19.8. The summed E-state index contributed by atoms with van der Waals surface area (Å²) in [6, 6.07) is 10.7. The van der Waals surface area contributed by atoms with Gasteiger partial charge in [0.25, 0.3) is 0 Å². The van der Waals surface area contributed by atoms with E-state index in [1.807, 2.05) is 0 Å². The van der Waals surface area contributed by atoms with Gasteiger partial charge in [-0.1, -0.05) is 38.1 Å². The van der Waals surface area contributed by atoms with Gasteiger partial charge in [-0.25, -0.2) is 4.79 Å². The standard InChI is InChI=1S/C23H27F3N2O.C2HF3O2/c1-22(2)10-8-18(9-11-22)28-14-15-6-7-19(20(12-15)23(24,25)26)16-4-3-5-17(13-16)21(27)29;3-2(4,5)1(6)7/h3-7,12-13,18,28H,8-11,14H2,1-2H3,(H2,27,29);(H,6,7). The molecule has 1 fully saturated rings. The molecule has 1 aliphatic carbocycles. The molecule has 1 aliphatic rings. The number of carboxylic acid groups (broad SMARTS) is 1. The van der Waals surface area contributed by atoms with E-state index in [-0.39, 0.29) is 11.1 Å². The Labute approximate surface area is 204 Å². The number of amides is 1. The summed E-state index contributed by atoms with van der Waals surface area (Å²) in [5.41, 5.74) is 6.05. The first-order valence-electron chi connectivity index (χ1n) is 11.1. The lowest BCUT2D eigenvalue weighted by molar-refractivity contribution is -0.192. The van der Waals surface area contributed by atoms with Crippen LogP contribution in [-0.4, -0.2) is 29.2 Å². The first-order chi connectivity index (χ1) is 16.5. The average molecular weight is 518 g/mol. The second-order valence-corrected chi connectivity index (χ2v) is 9.45. The van der Waals surface area contributed by atoms with Crippen LogP contribution >= 0.6 is 0 Å². The minimum absolute atomic E-state index is 0.0452. The third-order valence-corrected chi connectivity index (χ3v) is 6.02. The second kappa shape index (κ2) is 11.3. The highest BCUT2D eigenvalue weighted by Gasteiger charge is 2.38. The van der Waals surface area contributed by atoms with Crippen molar-refractivity contribution in [3.05, 3.63) is 59.2 Å². The van der Waals surface area contributed by atoms with Crippen molar-refractivity contribution >= 4 is 11.9 Å². The fraction of sp³-hybridized carbons (Fsp3) is 0.440. The molecule has 0 atom stereocenters.